The maximum absolute atomic E-state index is 6.73. The van der Waals surface area contributed by atoms with Gasteiger partial charge in [0.1, 0.15) is 22.3 Å². The maximum atomic E-state index is 6.73. The van der Waals surface area contributed by atoms with E-state index in [2.05, 4.69) is 158 Å². The van der Waals surface area contributed by atoms with E-state index in [9.17, 15) is 0 Å². The van der Waals surface area contributed by atoms with Crippen molar-refractivity contribution >= 4 is 60.9 Å². The van der Waals surface area contributed by atoms with E-state index in [0.717, 1.165) is 84.0 Å². The number of fused-ring (bicyclic) bond motifs is 6. The molecular formula is C48H31NO2. The van der Waals surface area contributed by atoms with Gasteiger partial charge in [-0.05, 0) is 70.2 Å². The fourth-order valence-electron chi connectivity index (χ4n) is 7.46. The molecule has 1 aliphatic rings. The lowest BCUT2D eigenvalue weighted by atomic mass is 9.96. The average molecular weight is 654 g/mol. The molecule has 3 heterocycles. The van der Waals surface area contributed by atoms with Crippen LogP contribution in [-0.2, 0) is 0 Å². The summed E-state index contributed by atoms with van der Waals surface area (Å²) < 4.78 is 13.0. The summed E-state index contributed by atoms with van der Waals surface area (Å²) in [6.45, 7) is 0. The summed E-state index contributed by atoms with van der Waals surface area (Å²) in [5.41, 5.74) is 14.3. The first-order valence-electron chi connectivity index (χ1n) is 17.3. The minimum Gasteiger partial charge on any atom is -0.456 e. The van der Waals surface area contributed by atoms with Gasteiger partial charge in [0.2, 0.25) is 0 Å². The van der Waals surface area contributed by atoms with E-state index in [1.807, 2.05) is 18.2 Å². The second-order valence-corrected chi connectivity index (χ2v) is 13.0. The van der Waals surface area contributed by atoms with Gasteiger partial charge >= 0.3 is 0 Å². The molecule has 0 atom stereocenters. The lowest BCUT2D eigenvalue weighted by Crippen LogP contribution is -1.99. The van der Waals surface area contributed by atoms with Crippen molar-refractivity contribution in [1.82, 2.24) is 0 Å². The average Bonchev–Trinajstić information content (AvgIpc) is 3.68. The first kappa shape index (κ1) is 29.2. The summed E-state index contributed by atoms with van der Waals surface area (Å²) in [7, 11) is 0. The Balaban J connectivity index is 1.12. The molecule has 10 rings (SSSR count). The second-order valence-electron chi connectivity index (χ2n) is 13.0. The van der Waals surface area contributed by atoms with E-state index in [1.165, 1.54) is 22.3 Å². The van der Waals surface area contributed by atoms with Crippen LogP contribution in [0.2, 0.25) is 0 Å². The molecule has 0 spiro atoms. The molecule has 3 heteroatoms. The molecule has 0 bridgehead atoms. The lowest BCUT2D eigenvalue weighted by molar-refractivity contribution is 0.668. The summed E-state index contributed by atoms with van der Waals surface area (Å²) in [6.07, 6.45) is 5.27. The molecule has 0 N–H and O–H groups in total. The van der Waals surface area contributed by atoms with Gasteiger partial charge in [0, 0.05) is 32.7 Å². The van der Waals surface area contributed by atoms with Crippen LogP contribution < -0.4 is 0 Å². The zero-order valence-electron chi connectivity index (χ0n) is 27.7. The Morgan fingerprint density at radius 2 is 1.06 bits per heavy atom. The molecular weight excluding hydrogens is 623 g/mol. The van der Waals surface area contributed by atoms with Crippen LogP contribution in [0.15, 0.2) is 190 Å². The molecule has 240 valence electrons. The molecule has 0 fully saturated rings. The Morgan fingerprint density at radius 3 is 1.90 bits per heavy atom. The molecule has 2 aromatic heterocycles. The van der Waals surface area contributed by atoms with Gasteiger partial charge in [-0.25, -0.2) is 4.99 Å². The summed E-state index contributed by atoms with van der Waals surface area (Å²) in [5.74, 6) is 0. The number of rotatable bonds is 5. The summed E-state index contributed by atoms with van der Waals surface area (Å²) in [6, 6.07) is 57.2. The molecule has 7 aromatic carbocycles. The lowest BCUT2D eigenvalue weighted by Gasteiger charge is -2.08. The van der Waals surface area contributed by atoms with Crippen LogP contribution in [0.1, 0.15) is 23.1 Å². The molecule has 0 unspecified atom stereocenters. The van der Waals surface area contributed by atoms with Crippen molar-refractivity contribution in [3.05, 3.63) is 193 Å². The van der Waals surface area contributed by atoms with Crippen LogP contribution in [0.25, 0.3) is 77.4 Å². The van der Waals surface area contributed by atoms with E-state index in [1.54, 1.807) is 0 Å². The highest BCUT2D eigenvalue weighted by molar-refractivity contribution is 6.25. The SMILES string of the molecule is C1=C(c2ccccc2)CC=C(c2ccc(-c3ccccc3)cc2)N=C1c1cccc2oc3c(-c4ccc5c(c4)oc4ccccc45)cccc3c12. The van der Waals surface area contributed by atoms with Crippen LogP contribution in [-0.4, -0.2) is 5.71 Å². The number of para-hydroxylation sites is 2. The number of hydrogen-bond donors (Lipinski definition) is 0. The van der Waals surface area contributed by atoms with Gasteiger partial charge in [0.15, 0.2) is 0 Å². The van der Waals surface area contributed by atoms with Crippen molar-refractivity contribution < 1.29 is 8.83 Å². The standard InChI is InChI=1S/C48H31NO2/c1-3-11-31(12-4-1)33-21-23-34(24-22-33)42-28-26-35(32-13-5-2-6-14-32)29-43(49-42)40-17-10-20-45-47(40)41-18-9-16-37(48(41)51-45)36-25-27-39-38-15-7-8-19-44(38)50-46(39)30-36/h1-25,27-30H,26H2. The summed E-state index contributed by atoms with van der Waals surface area (Å²) >= 11 is 0. The van der Waals surface area contributed by atoms with Crippen LogP contribution in [0, 0.1) is 0 Å². The molecule has 0 saturated carbocycles. The van der Waals surface area contributed by atoms with Crippen LogP contribution in [0.3, 0.4) is 0 Å². The quantitative estimate of drug-likeness (QED) is 0.185. The third-order valence-electron chi connectivity index (χ3n) is 9.99. The molecule has 0 aliphatic carbocycles. The van der Waals surface area contributed by atoms with E-state index >= 15 is 0 Å². The van der Waals surface area contributed by atoms with Crippen molar-refractivity contribution in [2.45, 2.75) is 6.42 Å². The van der Waals surface area contributed by atoms with Gasteiger partial charge in [-0.2, -0.15) is 0 Å². The zero-order chi connectivity index (χ0) is 33.7. The third-order valence-corrected chi connectivity index (χ3v) is 9.99. The molecule has 9 aromatic rings. The summed E-state index contributed by atoms with van der Waals surface area (Å²) in [4.78, 5) is 5.41. The highest BCUT2D eigenvalue weighted by atomic mass is 16.3. The number of nitrogens with zero attached hydrogens (tertiary/aromatic N) is 1. The topological polar surface area (TPSA) is 38.6 Å². The Bertz CT molecular complexity index is 2850. The largest absolute Gasteiger partial charge is 0.456 e. The monoisotopic (exact) mass is 653 g/mol. The van der Waals surface area contributed by atoms with Crippen molar-refractivity contribution in [3.8, 4) is 22.3 Å². The van der Waals surface area contributed by atoms with Gasteiger partial charge in [-0.3, -0.25) is 0 Å². The second kappa shape index (κ2) is 12.0. The highest BCUT2D eigenvalue weighted by Gasteiger charge is 2.20. The van der Waals surface area contributed by atoms with Crippen molar-refractivity contribution in [2.75, 3.05) is 0 Å². The first-order chi connectivity index (χ1) is 25.3. The van der Waals surface area contributed by atoms with Crippen molar-refractivity contribution in [1.29, 1.82) is 0 Å². The Labute approximate surface area is 295 Å². The van der Waals surface area contributed by atoms with Crippen LogP contribution >= 0.6 is 0 Å². The van der Waals surface area contributed by atoms with Gasteiger partial charge in [-0.15, -0.1) is 0 Å². The number of furan rings is 2. The molecule has 1 aliphatic heterocycles. The normalized spacial score (nSPS) is 13.4. The molecule has 0 saturated heterocycles. The van der Waals surface area contributed by atoms with Gasteiger partial charge in [0.05, 0.1) is 11.4 Å². The number of aliphatic imine (C=N–C) groups is 1. The fourth-order valence-corrected chi connectivity index (χ4v) is 7.46. The minimum absolute atomic E-state index is 0.767. The number of hydrogen-bond acceptors (Lipinski definition) is 3. The van der Waals surface area contributed by atoms with Gasteiger partial charge < -0.3 is 8.83 Å². The smallest absolute Gasteiger partial charge is 0.143 e. The molecule has 51 heavy (non-hydrogen) atoms. The predicted molar refractivity (Wildman–Crippen MR) is 212 cm³/mol. The van der Waals surface area contributed by atoms with Crippen LogP contribution in [0.5, 0.6) is 0 Å². The van der Waals surface area contributed by atoms with Crippen LogP contribution in [0.4, 0.5) is 0 Å². The zero-order valence-corrected chi connectivity index (χ0v) is 27.7. The summed E-state index contributed by atoms with van der Waals surface area (Å²) in [5, 5.41) is 4.35. The fraction of sp³-hybridized carbons (Fsp3) is 0.0208. The highest BCUT2D eigenvalue weighted by Crippen LogP contribution is 2.40. The van der Waals surface area contributed by atoms with E-state index in [-0.39, 0.29) is 0 Å². The number of benzene rings is 7. The first-order valence-corrected chi connectivity index (χ1v) is 17.3. The third kappa shape index (κ3) is 5.10. The van der Waals surface area contributed by atoms with Crippen molar-refractivity contribution in [2.24, 2.45) is 4.99 Å². The van der Waals surface area contributed by atoms with E-state index in [0.29, 0.717) is 0 Å². The Hall–Kier alpha value is -6.71. The minimum atomic E-state index is 0.767. The molecule has 0 radical (unpaired) electrons. The Kier molecular flexibility index (Phi) is 6.88. The maximum Gasteiger partial charge on any atom is 0.143 e. The predicted octanol–water partition coefficient (Wildman–Crippen LogP) is 13.1. The molecule has 0 amide bonds. The van der Waals surface area contributed by atoms with E-state index in [4.69, 9.17) is 13.8 Å². The Morgan fingerprint density at radius 1 is 0.431 bits per heavy atom. The molecule has 3 nitrogen and oxygen atoms in total. The van der Waals surface area contributed by atoms with E-state index < -0.39 is 0 Å². The van der Waals surface area contributed by atoms with Crippen molar-refractivity contribution in [3.63, 3.8) is 0 Å². The van der Waals surface area contributed by atoms with Gasteiger partial charge in [-0.1, -0.05) is 146 Å². The van der Waals surface area contributed by atoms with Gasteiger partial charge in [0.25, 0.3) is 0 Å². The number of allylic oxidation sites excluding steroid dienone is 3.